The summed E-state index contributed by atoms with van der Waals surface area (Å²) in [6.07, 6.45) is -0.908. The smallest absolute Gasteiger partial charge is 0.341 e. The summed E-state index contributed by atoms with van der Waals surface area (Å²) in [5.74, 6) is -1.46. The summed E-state index contributed by atoms with van der Waals surface area (Å²) in [6, 6.07) is 5.25. The van der Waals surface area contributed by atoms with Gasteiger partial charge in [-0.2, -0.15) is 0 Å². The number of thiophene rings is 1. The van der Waals surface area contributed by atoms with Crippen LogP contribution >= 0.6 is 11.3 Å². The van der Waals surface area contributed by atoms with Gasteiger partial charge in [0.25, 0.3) is 5.91 Å². The Morgan fingerprint density at radius 2 is 1.81 bits per heavy atom. The molecule has 1 atom stereocenters. The van der Waals surface area contributed by atoms with Crippen LogP contribution in [0.3, 0.4) is 0 Å². The zero-order valence-electron chi connectivity index (χ0n) is 14.7. The van der Waals surface area contributed by atoms with Gasteiger partial charge in [-0.05, 0) is 50.6 Å². The van der Waals surface area contributed by atoms with E-state index in [4.69, 9.17) is 9.47 Å². The summed E-state index contributed by atoms with van der Waals surface area (Å²) >= 11 is 1.00. The fourth-order valence-electron chi connectivity index (χ4n) is 2.27. The van der Waals surface area contributed by atoms with Gasteiger partial charge in [0.2, 0.25) is 0 Å². The molecule has 0 aliphatic rings. The maximum atomic E-state index is 12.9. The number of rotatable bonds is 6. The van der Waals surface area contributed by atoms with Crippen molar-refractivity contribution in [1.29, 1.82) is 0 Å². The Bertz CT molecular complexity index is 844. The molecule has 1 amide bonds. The minimum atomic E-state index is -0.908. The Balaban J connectivity index is 2.22. The largest absolute Gasteiger partial charge is 0.481 e. The second-order valence-electron chi connectivity index (χ2n) is 5.51. The quantitative estimate of drug-likeness (QED) is 0.613. The fourth-order valence-corrected chi connectivity index (χ4v) is 3.36. The lowest BCUT2D eigenvalue weighted by Crippen LogP contribution is -2.30. The minimum absolute atomic E-state index is 0.144. The summed E-state index contributed by atoms with van der Waals surface area (Å²) in [7, 11) is 1.22. The Labute approximate surface area is 153 Å². The lowest BCUT2D eigenvalue weighted by atomic mass is 10.1. The third-order valence-corrected chi connectivity index (χ3v) is 4.90. The molecule has 8 heteroatoms. The van der Waals surface area contributed by atoms with Gasteiger partial charge in [-0.25, -0.2) is 9.18 Å². The van der Waals surface area contributed by atoms with E-state index in [2.05, 4.69) is 5.32 Å². The number of carbonyl (C=O) groups excluding carboxylic acids is 3. The average molecular weight is 379 g/mol. The van der Waals surface area contributed by atoms with Gasteiger partial charge in [0.05, 0.1) is 17.6 Å². The van der Waals surface area contributed by atoms with Crippen LogP contribution in [0.1, 0.15) is 39.4 Å². The molecule has 0 aliphatic heterocycles. The molecule has 0 bridgehead atoms. The van der Waals surface area contributed by atoms with Crippen LogP contribution in [0.25, 0.3) is 0 Å². The second-order valence-corrected chi connectivity index (χ2v) is 6.53. The van der Waals surface area contributed by atoms with Crippen molar-refractivity contribution < 1.29 is 28.2 Å². The third-order valence-electron chi connectivity index (χ3n) is 3.59. The molecule has 6 nitrogen and oxygen atoms in total. The van der Waals surface area contributed by atoms with E-state index < -0.39 is 23.8 Å². The highest BCUT2D eigenvalue weighted by molar-refractivity contribution is 7.18. The standard InChI is InChI=1S/C18H18FNO5S/c1-9-14(18(23)24-4)17(26-15(9)10(2)21)20-16(22)11(3)25-13-7-5-12(19)6-8-13/h5-8,11H,1-4H3,(H,20,22). The topological polar surface area (TPSA) is 81.7 Å². The van der Waals surface area contributed by atoms with Crippen LogP contribution in [0.5, 0.6) is 5.75 Å². The summed E-state index contributed by atoms with van der Waals surface area (Å²) in [5.41, 5.74) is 0.599. The Morgan fingerprint density at radius 1 is 1.19 bits per heavy atom. The normalized spacial score (nSPS) is 11.6. The highest BCUT2D eigenvalue weighted by Crippen LogP contribution is 2.34. The maximum absolute atomic E-state index is 12.9. The van der Waals surface area contributed by atoms with Crippen LogP contribution in [0.4, 0.5) is 9.39 Å². The Morgan fingerprint density at radius 3 is 2.35 bits per heavy atom. The molecule has 0 fully saturated rings. The fraction of sp³-hybridized carbons (Fsp3) is 0.278. The van der Waals surface area contributed by atoms with Crippen LogP contribution in [-0.4, -0.2) is 30.9 Å². The molecule has 0 radical (unpaired) electrons. The van der Waals surface area contributed by atoms with E-state index in [0.29, 0.717) is 16.2 Å². The number of amides is 1. The van der Waals surface area contributed by atoms with Gasteiger partial charge in [-0.1, -0.05) is 0 Å². The van der Waals surface area contributed by atoms with Crippen LogP contribution in [0.15, 0.2) is 24.3 Å². The Kier molecular flexibility index (Phi) is 6.10. The zero-order chi connectivity index (χ0) is 19.4. The number of hydrogen-bond donors (Lipinski definition) is 1. The predicted molar refractivity (Wildman–Crippen MR) is 95.5 cm³/mol. The van der Waals surface area contributed by atoms with Gasteiger partial charge in [0.1, 0.15) is 16.6 Å². The van der Waals surface area contributed by atoms with Crippen molar-refractivity contribution in [1.82, 2.24) is 0 Å². The van der Waals surface area contributed by atoms with Crippen molar-refractivity contribution in [2.45, 2.75) is 26.9 Å². The van der Waals surface area contributed by atoms with E-state index in [0.717, 1.165) is 11.3 Å². The van der Waals surface area contributed by atoms with E-state index in [1.807, 2.05) is 0 Å². The third kappa shape index (κ3) is 4.26. The van der Waals surface area contributed by atoms with E-state index >= 15 is 0 Å². The van der Waals surface area contributed by atoms with Crippen molar-refractivity contribution in [3.05, 3.63) is 46.1 Å². The van der Waals surface area contributed by atoms with Crippen molar-refractivity contribution in [3.63, 3.8) is 0 Å². The molecule has 1 aromatic heterocycles. The van der Waals surface area contributed by atoms with Crippen molar-refractivity contribution in [3.8, 4) is 5.75 Å². The van der Waals surface area contributed by atoms with Gasteiger partial charge in [0.15, 0.2) is 11.9 Å². The number of nitrogens with one attached hydrogen (secondary N) is 1. The maximum Gasteiger partial charge on any atom is 0.341 e. The zero-order valence-corrected chi connectivity index (χ0v) is 15.5. The predicted octanol–water partition coefficient (Wildman–Crippen LogP) is 3.59. The number of esters is 1. The Hall–Kier alpha value is -2.74. The van der Waals surface area contributed by atoms with Crippen molar-refractivity contribution in [2.75, 3.05) is 12.4 Å². The molecule has 0 spiro atoms. The molecule has 2 rings (SSSR count). The molecule has 1 aromatic carbocycles. The van der Waals surface area contributed by atoms with E-state index in [9.17, 15) is 18.8 Å². The minimum Gasteiger partial charge on any atom is -0.481 e. The molecule has 138 valence electrons. The summed E-state index contributed by atoms with van der Waals surface area (Å²) in [4.78, 5) is 36.5. The number of benzene rings is 1. The highest BCUT2D eigenvalue weighted by Gasteiger charge is 2.26. The molecule has 0 saturated carbocycles. The molecule has 0 aliphatic carbocycles. The molecule has 0 saturated heterocycles. The lowest BCUT2D eigenvalue weighted by molar-refractivity contribution is -0.122. The van der Waals surface area contributed by atoms with Gasteiger partial charge >= 0.3 is 5.97 Å². The number of Topliss-reactive ketones (excluding diaryl/α,β-unsaturated/α-hetero) is 1. The van der Waals surface area contributed by atoms with Crippen LogP contribution < -0.4 is 10.1 Å². The van der Waals surface area contributed by atoms with Crippen molar-refractivity contribution >= 4 is 34.0 Å². The van der Waals surface area contributed by atoms with Gasteiger partial charge in [-0.15, -0.1) is 11.3 Å². The number of methoxy groups -OCH3 is 1. The first kappa shape index (κ1) is 19.6. The van der Waals surface area contributed by atoms with Crippen LogP contribution in [-0.2, 0) is 9.53 Å². The van der Waals surface area contributed by atoms with E-state index in [1.165, 1.54) is 45.2 Å². The second kappa shape index (κ2) is 8.09. The molecule has 2 aromatic rings. The first-order chi connectivity index (χ1) is 12.2. The monoisotopic (exact) mass is 379 g/mol. The van der Waals surface area contributed by atoms with Crippen molar-refractivity contribution in [2.24, 2.45) is 0 Å². The van der Waals surface area contributed by atoms with Gasteiger partial charge in [0, 0.05) is 0 Å². The first-order valence-electron chi connectivity index (χ1n) is 7.70. The number of ether oxygens (including phenoxy) is 2. The van der Waals surface area contributed by atoms with Gasteiger partial charge in [-0.3, -0.25) is 9.59 Å². The number of ketones is 1. The SMILES string of the molecule is COC(=O)c1c(NC(=O)C(C)Oc2ccc(F)cc2)sc(C(C)=O)c1C. The summed E-state index contributed by atoms with van der Waals surface area (Å²) < 4.78 is 23.1. The molecular weight excluding hydrogens is 361 g/mol. The number of anilines is 1. The summed E-state index contributed by atoms with van der Waals surface area (Å²) in [6.45, 7) is 4.52. The van der Waals surface area contributed by atoms with E-state index in [-0.39, 0.29) is 16.3 Å². The first-order valence-corrected chi connectivity index (χ1v) is 8.52. The lowest BCUT2D eigenvalue weighted by Gasteiger charge is -2.14. The van der Waals surface area contributed by atoms with Crippen LogP contribution in [0, 0.1) is 12.7 Å². The molecule has 1 heterocycles. The van der Waals surface area contributed by atoms with Gasteiger partial charge < -0.3 is 14.8 Å². The highest BCUT2D eigenvalue weighted by atomic mass is 32.1. The molecular formula is C18H18FNO5S. The number of halogens is 1. The molecule has 1 N–H and O–H groups in total. The molecule has 26 heavy (non-hydrogen) atoms. The van der Waals surface area contributed by atoms with Crippen LogP contribution in [0.2, 0.25) is 0 Å². The molecule has 1 unspecified atom stereocenters. The number of hydrogen-bond acceptors (Lipinski definition) is 6. The number of carbonyl (C=O) groups is 3. The summed E-state index contributed by atoms with van der Waals surface area (Å²) in [5, 5.41) is 2.82. The van der Waals surface area contributed by atoms with E-state index in [1.54, 1.807) is 6.92 Å². The average Bonchev–Trinajstić information content (AvgIpc) is 2.92.